The Morgan fingerprint density at radius 3 is 2.71 bits per heavy atom. The fraction of sp³-hybridized carbons (Fsp3) is 0.550. The highest BCUT2D eigenvalue weighted by Crippen LogP contribution is 2.15. The number of hydrogen-bond donors (Lipinski definition) is 2. The molecule has 8 heteroatoms. The Morgan fingerprint density at radius 2 is 2.00 bits per heavy atom. The van der Waals surface area contributed by atoms with Crippen LogP contribution in [0.3, 0.4) is 0 Å². The minimum Gasteiger partial charge on any atom is -0.374 e. The lowest BCUT2D eigenvalue weighted by Gasteiger charge is -2.14. The van der Waals surface area contributed by atoms with Gasteiger partial charge < -0.3 is 19.9 Å². The SMILES string of the molecule is CCNC(=NCCCOC(C)c1ccccc1)NCCn1cnnc1CC.I. The summed E-state index contributed by atoms with van der Waals surface area (Å²) in [6.07, 6.45) is 3.66. The van der Waals surface area contributed by atoms with E-state index in [-0.39, 0.29) is 30.1 Å². The Kier molecular flexibility index (Phi) is 12.5. The van der Waals surface area contributed by atoms with E-state index in [4.69, 9.17) is 4.74 Å². The zero-order valence-electron chi connectivity index (χ0n) is 17.1. The van der Waals surface area contributed by atoms with E-state index in [1.54, 1.807) is 6.33 Å². The average Bonchev–Trinajstić information content (AvgIpc) is 3.15. The number of halogens is 1. The molecule has 1 atom stereocenters. The van der Waals surface area contributed by atoms with Gasteiger partial charge in [0.25, 0.3) is 0 Å². The van der Waals surface area contributed by atoms with Gasteiger partial charge in [-0.2, -0.15) is 0 Å². The summed E-state index contributed by atoms with van der Waals surface area (Å²) in [5.41, 5.74) is 1.21. The van der Waals surface area contributed by atoms with Gasteiger partial charge >= 0.3 is 0 Å². The smallest absolute Gasteiger partial charge is 0.191 e. The number of ether oxygens (including phenoxy) is 1. The topological polar surface area (TPSA) is 76.4 Å². The highest BCUT2D eigenvalue weighted by Gasteiger charge is 2.05. The van der Waals surface area contributed by atoms with E-state index in [0.29, 0.717) is 6.61 Å². The quantitative estimate of drug-likeness (QED) is 0.215. The number of guanidine groups is 1. The van der Waals surface area contributed by atoms with E-state index in [1.165, 1.54) is 5.56 Å². The third-order valence-electron chi connectivity index (χ3n) is 4.21. The molecule has 156 valence electrons. The number of aliphatic imine (C=N–C) groups is 1. The van der Waals surface area contributed by atoms with Gasteiger partial charge in [0.15, 0.2) is 5.96 Å². The van der Waals surface area contributed by atoms with Crippen molar-refractivity contribution in [3.8, 4) is 0 Å². The van der Waals surface area contributed by atoms with Gasteiger partial charge in [-0.1, -0.05) is 37.3 Å². The van der Waals surface area contributed by atoms with Gasteiger partial charge in [0, 0.05) is 39.2 Å². The standard InChI is InChI=1S/C20H32N6O.HI/c1-4-19-25-24-16-26(19)14-13-23-20(21-5-2)22-12-9-15-27-17(3)18-10-7-6-8-11-18;/h6-8,10-11,16-17H,4-5,9,12-15H2,1-3H3,(H2,21,22,23);1H. The van der Waals surface area contributed by atoms with E-state index in [0.717, 1.165) is 50.8 Å². The van der Waals surface area contributed by atoms with Gasteiger partial charge in [-0.25, -0.2) is 0 Å². The summed E-state index contributed by atoms with van der Waals surface area (Å²) < 4.78 is 7.96. The first-order chi connectivity index (χ1) is 13.2. The summed E-state index contributed by atoms with van der Waals surface area (Å²) in [6, 6.07) is 10.3. The van der Waals surface area contributed by atoms with Gasteiger partial charge in [0.1, 0.15) is 12.2 Å². The fourth-order valence-electron chi connectivity index (χ4n) is 2.71. The monoisotopic (exact) mass is 500 g/mol. The van der Waals surface area contributed by atoms with Crippen molar-refractivity contribution < 1.29 is 4.74 Å². The molecule has 0 aliphatic heterocycles. The van der Waals surface area contributed by atoms with Gasteiger partial charge in [-0.05, 0) is 25.8 Å². The number of hydrogen-bond acceptors (Lipinski definition) is 4. The first kappa shape index (κ1) is 24.4. The lowest BCUT2D eigenvalue weighted by molar-refractivity contribution is 0.0652. The Balaban J connectivity index is 0.00000392. The van der Waals surface area contributed by atoms with Crippen LogP contribution in [0.15, 0.2) is 41.7 Å². The van der Waals surface area contributed by atoms with Crippen LogP contribution < -0.4 is 10.6 Å². The van der Waals surface area contributed by atoms with Crippen molar-refractivity contribution in [3.63, 3.8) is 0 Å². The molecule has 0 spiro atoms. The predicted molar refractivity (Wildman–Crippen MR) is 124 cm³/mol. The highest BCUT2D eigenvalue weighted by molar-refractivity contribution is 14.0. The van der Waals surface area contributed by atoms with Crippen LogP contribution in [0.5, 0.6) is 0 Å². The Bertz CT molecular complexity index is 676. The van der Waals surface area contributed by atoms with Gasteiger partial charge in [-0.3, -0.25) is 4.99 Å². The van der Waals surface area contributed by atoms with Crippen LogP contribution in [0.25, 0.3) is 0 Å². The molecule has 0 saturated heterocycles. The zero-order chi connectivity index (χ0) is 19.3. The number of nitrogens with zero attached hydrogens (tertiary/aromatic N) is 4. The molecule has 0 saturated carbocycles. The Morgan fingerprint density at radius 1 is 1.21 bits per heavy atom. The van der Waals surface area contributed by atoms with Crippen LogP contribution in [-0.2, 0) is 17.7 Å². The number of nitrogens with one attached hydrogen (secondary N) is 2. The summed E-state index contributed by atoms with van der Waals surface area (Å²) in [4.78, 5) is 4.62. The highest BCUT2D eigenvalue weighted by atomic mass is 127. The Labute approximate surface area is 185 Å². The van der Waals surface area contributed by atoms with Crippen LogP contribution in [0, 0.1) is 0 Å². The maximum absolute atomic E-state index is 5.90. The lowest BCUT2D eigenvalue weighted by atomic mass is 10.1. The fourth-order valence-corrected chi connectivity index (χ4v) is 2.71. The molecule has 2 aromatic rings. The average molecular weight is 500 g/mol. The van der Waals surface area contributed by atoms with Crippen LogP contribution in [0.1, 0.15) is 44.7 Å². The molecule has 7 nitrogen and oxygen atoms in total. The largest absolute Gasteiger partial charge is 0.374 e. The Hall–Kier alpha value is -1.68. The second-order valence-electron chi connectivity index (χ2n) is 6.26. The maximum Gasteiger partial charge on any atom is 0.191 e. The number of aryl methyl sites for hydroxylation is 1. The van der Waals surface area contributed by atoms with Crippen LogP contribution >= 0.6 is 24.0 Å². The number of benzene rings is 1. The first-order valence-corrected chi connectivity index (χ1v) is 9.80. The first-order valence-electron chi connectivity index (χ1n) is 9.80. The van der Waals surface area contributed by atoms with Crippen molar-refractivity contribution in [2.75, 3.05) is 26.2 Å². The minimum atomic E-state index is 0. The van der Waals surface area contributed by atoms with Crippen LogP contribution in [0.4, 0.5) is 0 Å². The molecule has 0 radical (unpaired) electrons. The molecule has 0 fully saturated rings. The van der Waals surface area contributed by atoms with Crippen molar-refractivity contribution in [1.29, 1.82) is 0 Å². The van der Waals surface area contributed by atoms with E-state index in [2.05, 4.69) is 63.3 Å². The van der Waals surface area contributed by atoms with Crippen molar-refractivity contribution in [2.24, 2.45) is 4.99 Å². The van der Waals surface area contributed by atoms with Gasteiger partial charge in [0.2, 0.25) is 0 Å². The van der Waals surface area contributed by atoms with E-state index >= 15 is 0 Å². The van der Waals surface area contributed by atoms with Crippen LogP contribution in [-0.4, -0.2) is 47.0 Å². The number of rotatable bonds is 11. The van der Waals surface area contributed by atoms with E-state index < -0.39 is 0 Å². The molecular weight excluding hydrogens is 467 g/mol. The molecular formula is C20H33IN6O. The summed E-state index contributed by atoms with van der Waals surface area (Å²) in [5, 5.41) is 14.7. The molecule has 0 bridgehead atoms. The van der Waals surface area contributed by atoms with Crippen molar-refractivity contribution in [1.82, 2.24) is 25.4 Å². The molecule has 1 heterocycles. The maximum atomic E-state index is 5.90. The zero-order valence-corrected chi connectivity index (χ0v) is 19.4. The van der Waals surface area contributed by atoms with Crippen molar-refractivity contribution in [3.05, 3.63) is 48.0 Å². The molecule has 0 aliphatic carbocycles. The molecule has 2 N–H and O–H groups in total. The third-order valence-corrected chi connectivity index (χ3v) is 4.21. The molecule has 28 heavy (non-hydrogen) atoms. The molecule has 1 aromatic carbocycles. The van der Waals surface area contributed by atoms with Crippen LogP contribution in [0.2, 0.25) is 0 Å². The third kappa shape index (κ3) is 8.55. The second kappa shape index (κ2) is 14.3. The summed E-state index contributed by atoms with van der Waals surface area (Å²) in [7, 11) is 0. The molecule has 2 rings (SSSR count). The summed E-state index contributed by atoms with van der Waals surface area (Å²) in [6.45, 7) is 10.1. The lowest BCUT2D eigenvalue weighted by Crippen LogP contribution is -2.39. The van der Waals surface area contributed by atoms with Gasteiger partial charge in [0.05, 0.1) is 6.10 Å². The van der Waals surface area contributed by atoms with Crippen molar-refractivity contribution >= 4 is 29.9 Å². The summed E-state index contributed by atoms with van der Waals surface area (Å²) >= 11 is 0. The normalized spacial score (nSPS) is 12.3. The second-order valence-corrected chi connectivity index (χ2v) is 6.26. The molecule has 0 aliphatic rings. The number of aromatic nitrogens is 3. The summed E-state index contributed by atoms with van der Waals surface area (Å²) in [5.74, 6) is 1.84. The molecule has 1 aromatic heterocycles. The molecule has 1 unspecified atom stereocenters. The predicted octanol–water partition coefficient (Wildman–Crippen LogP) is 3.18. The van der Waals surface area contributed by atoms with Gasteiger partial charge in [-0.15, -0.1) is 34.2 Å². The van der Waals surface area contributed by atoms with E-state index in [9.17, 15) is 0 Å². The molecule has 0 amide bonds. The van der Waals surface area contributed by atoms with Crippen molar-refractivity contribution in [2.45, 2.75) is 46.3 Å². The van der Waals surface area contributed by atoms with E-state index in [1.807, 2.05) is 18.2 Å². The minimum absolute atomic E-state index is 0.